The van der Waals surface area contributed by atoms with E-state index in [-0.39, 0.29) is 0 Å². The number of pyridine rings is 1. The maximum absolute atomic E-state index is 12.0. The molecular formula is C22H16N2O2. The summed E-state index contributed by atoms with van der Waals surface area (Å²) < 4.78 is 0. The molecule has 0 radical (unpaired) electrons. The molecule has 0 spiro atoms. The molecule has 0 saturated heterocycles. The molecule has 2 aromatic carbocycles. The number of Topliss-reactive ketones (excluding diaryl/α,β-unsaturated/α-hetero) is 1. The Morgan fingerprint density at radius 2 is 1.42 bits per heavy atom. The van der Waals surface area contributed by atoms with Gasteiger partial charge in [-0.05, 0) is 41.8 Å². The molecule has 126 valence electrons. The van der Waals surface area contributed by atoms with Gasteiger partial charge in [0.25, 0.3) is 0 Å². The summed E-state index contributed by atoms with van der Waals surface area (Å²) in [5, 5.41) is 3.26. The van der Waals surface area contributed by atoms with Crippen LogP contribution in [0.1, 0.15) is 27.0 Å². The Balaban J connectivity index is 1.55. The number of benzene rings is 2. The lowest BCUT2D eigenvalue weighted by atomic mass is 9.92. The van der Waals surface area contributed by atoms with E-state index in [0.29, 0.717) is 11.3 Å². The van der Waals surface area contributed by atoms with Crippen molar-refractivity contribution >= 4 is 23.0 Å². The number of carbonyl (C=O) groups excluding carboxylic acids is 2. The van der Waals surface area contributed by atoms with Crippen molar-refractivity contribution < 1.29 is 9.59 Å². The van der Waals surface area contributed by atoms with Crippen LogP contribution in [0.15, 0.2) is 79.1 Å². The lowest BCUT2D eigenvalue weighted by Crippen LogP contribution is -2.20. The van der Waals surface area contributed by atoms with Gasteiger partial charge in [0.05, 0.1) is 5.70 Å². The van der Waals surface area contributed by atoms with E-state index in [0.717, 1.165) is 17.7 Å². The number of carbonyl (C=O) groups is 2. The third-order valence-corrected chi connectivity index (χ3v) is 4.35. The van der Waals surface area contributed by atoms with Gasteiger partial charge in [-0.3, -0.25) is 14.6 Å². The van der Waals surface area contributed by atoms with Crippen molar-refractivity contribution in [2.75, 3.05) is 5.32 Å². The molecule has 1 aliphatic carbocycles. The standard InChI is InChI=1S/C22H16N2O2/c25-21-14-20(18-3-1-2-4-19(18)22(21)26)24-17-7-5-15(6-8-17)13-16-9-11-23-12-10-16/h1-12,14,24H,13H2. The average molecular weight is 340 g/mol. The van der Waals surface area contributed by atoms with Crippen LogP contribution in [-0.2, 0) is 11.2 Å². The highest BCUT2D eigenvalue weighted by Crippen LogP contribution is 2.26. The smallest absolute Gasteiger partial charge is 0.233 e. The lowest BCUT2D eigenvalue weighted by molar-refractivity contribution is -0.111. The van der Waals surface area contributed by atoms with E-state index in [2.05, 4.69) is 10.3 Å². The predicted octanol–water partition coefficient (Wildman–Crippen LogP) is 3.89. The molecule has 1 heterocycles. The SMILES string of the molecule is O=C1C=C(Nc2ccc(Cc3ccncc3)cc2)c2ccccc2C1=O. The number of anilines is 1. The molecule has 4 rings (SSSR count). The maximum Gasteiger partial charge on any atom is 0.233 e. The number of hydrogen-bond donors (Lipinski definition) is 1. The first-order valence-corrected chi connectivity index (χ1v) is 8.35. The van der Waals surface area contributed by atoms with Crippen LogP contribution >= 0.6 is 0 Å². The summed E-state index contributed by atoms with van der Waals surface area (Å²) in [5.41, 5.74) is 5.09. The Morgan fingerprint density at radius 1 is 0.769 bits per heavy atom. The molecule has 3 aromatic rings. The van der Waals surface area contributed by atoms with Gasteiger partial charge in [0.1, 0.15) is 0 Å². The molecular weight excluding hydrogens is 324 g/mol. The molecule has 0 bridgehead atoms. The van der Waals surface area contributed by atoms with Crippen LogP contribution in [0, 0.1) is 0 Å². The van der Waals surface area contributed by atoms with E-state index in [1.165, 1.54) is 17.2 Å². The predicted molar refractivity (Wildman–Crippen MR) is 101 cm³/mol. The number of allylic oxidation sites excluding steroid dienone is 1. The van der Waals surface area contributed by atoms with Gasteiger partial charge in [-0.15, -0.1) is 0 Å². The van der Waals surface area contributed by atoms with Crippen molar-refractivity contribution in [2.24, 2.45) is 0 Å². The summed E-state index contributed by atoms with van der Waals surface area (Å²) in [6, 6.07) is 19.2. The number of nitrogens with one attached hydrogen (secondary N) is 1. The van der Waals surface area contributed by atoms with Crippen molar-refractivity contribution in [2.45, 2.75) is 6.42 Å². The Labute approximate surface area is 151 Å². The van der Waals surface area contributed by atoms with Crippen molar-refractivity contribution in [1.29, 1.82) is 0 Å². The number of rotatable bonds is 4. The molecule has 0 unspecified atom stereocenters. The van der Waals surface area contributed by atoms with Crippen LogP contribution in [0.3, 0.4) is 0 Å². The number of hydrogen-bond acceptors (Lipinski definition) is 4. The second kappa shape index (κ2) is 6.76. The molecule has 0 saturated carbocycles. The number of ketones is 2. The van der Waals surface area contributed by atoms with Crippen LogP contribution in [0.5, 0.6) is 0 Å². The zero-order valence-electron chi connectivity index (χ0n) is 14.0. The summed E-state index contributed by atoms with van der Waals surface area (Å²) in [7, 11) is 0. The van der Waals surface area contributed by atoms with Gasteiger partial charge in [0.2, 0.25) is 11.6 Å². The summed E-state index contributed by atoms with van der Waals surface area (Å²) >= 11 is 0. The fourth-order valence-electron chi connectivity index (χ4n) is 3.02. The largest absolute Gasteiger partial charge is 0.355 e. The molecule has 26 heavy (non-hydrogen) atoms. The van der Waals surface area contributed by atoms with Gasteiger partial charge in [0, 0.05) is 35.3 Å². The topological polar surface area (TPSA) is 59.1 Å². The monoisotopic (exact) mass is 340 g/mol. The first kappa shape index (κ1) is 16.0. The molecule has 4 heteroatoms. The van der Waals surface area contributed by atoms with E-state index in [1.54, 1.807) is 24.5 Å². The number of aromatic nitrogens is 1. The first-order chi connectivity index (χ1) is 12.7. The Bertz CT molecular complexity index is 1010. The molecule has 0 fully saturated rings. The zero-order valence-corrected chi connectivity index (χ0v) is 14.0. The second-order valence-corrected chi connectivity index (χ2v) is 6.15. The highest BCUT2D eigenvalue weighted by Gasteiger charge is 2.25. The van der Waals surface area contributed by atoms with Gasteiger partial charge in [0.15, 0.2) is 0 Å². The molecule has 1 aromatic heterocycles. The molecule has 1 N–H and O–H groups in total. The maximum atomic E-state index is 12.0. The van der Waals surface area contributed by atoms with Crippen LogP contribution in [-0.4, -0.2) is 16.6 Å². The third kappa shape index (κ3) is 3.17. The van der Waals surface area contributed by atoms with E-state index in [9.17, 15) is 9.59 Å². The van der Waals surface area contributed by atoms with Gasteiger partial charge >= 0.3 is 0 Å². The molecule has 0 aliphatic heterocycles. The molecule has 0 amide bonds. The molecule has 1 aliphatic rings. The van der Waals surface area contributed by atoms with E-state index >= 15 is 0 Å². The van der Waals surface area contributed by atoms with Crippen molar-refractivity contribution in [3.63, 3.8) is 0 Å². The Hall–Kier alpha value is -3.53. The normalized spacial score (nSPS) is 13.2. The van der Waals surface area contributed by atoms with Gasteiger partial charge in [-0.1, -0.05) is 36.4 Å². The van der Waals surface area contributed by atoms with Crippen LogP contribution in [0.2, 0.25) is 0 Å². The minimum absolute atomic E-state index is 0.441. The highest BCUT2D eigenvalue weighted by atomic mass is 16.2. The summed E-state index contributed by atoms with van der Waals surface area (Å²) in [6.07, 6.45) is 5.78. The van der Waals surface area contributed by atoms with Gasteiger partial charge < -0.3 is 5.32 Å². The lowest BCUT2D eigenvalue weighted by Gasteiger charge is -2.18. The molecule has 0 atom stereocenters. The third-order valence-electron chi connectivity index (χ3n) is 4.35. The van der Waals surface area contributed by atoms with E-state index in [1.807, 2.05) is 48.5 Å². The minimum atomic E-state index is -0.500. The number of fused-ring (bicyclic) bond motifs is 1. The second-order valence-electron chi connectivity index (χ2n) is 6.15. The summed E-state index contributed by atoms with van der Waals surface area (Å²) in [5.74, 6) is -0.959. The van der Waals surface area contributed by atoms with Gasteiger partial charge in [-0.25, -0.2) is 0 Å². The zero-order chi connectivity index (χ0) is 17.9. The van der Waals surface area contributed by atoms with E-state index in [4.69, 9.17) is 0 Å². The van der Waals surface area contributed by atoms with Crippen molar-refractivity contribution in [3.8, 4) is 0 Å². The van der Waals surface area contributed by atoms with Crippen molar-refractivity contribution in [1.82, 2.24) is 4.98 Å². The van der Waals surface area contributed by atoms with Gasteiger partial charge in [-0.2, -0.15) is 0 Å². The van der Waals surface area contributed by atoms with Crippen molar-refractivity contribution in [3.05, 3.63) is 101 Å². The fraction of sp³-hybridized carbons (Fsp3) is 0.0455. The first-order valence-electron chi connectivity index (χ1n) is 8.35. The fourth-order valence-corrected chi connectivity index (χ4v) is 3.02. The van der Waals surface area contributed by atoms with Crippen LogP contribution < -0.4 is 5.32 Å². The number of nitrogens with zero attached hydrogens (tertiary/aromatic N) is 1. The Morgan fingerprint density at radius 3 is 2.15 bits per heavy atom. The van der Waals surface area contributed by atoms with Crippen LogP contribution in [0.4, 0.5) is 5.69 Å². The molecule has 4 nitrogen and oxygen atoms in total. The Kier molecular flexibility index (Phi) is 4.15. The van der Waals surface area contributed by atoms with Crippen LogP contribution in [0.25, 0.3) is 5.70 Å². The highest BCUT2D eigenvalue weighted by molar-refractivity contribution is 6.50. The average Bonchev–Trinajstić information content (AvgIpc) is 2.68. The summed E-state index contributed by atoms with van der Waals surface area (Å²) in [6.45, 7) is 0. The minimum Gasteiger partial charge on any atom is -0.355 e. The quantitative estimate of drug-likeness (QED) is 0.732. The van der Waals surface area contributed by atoms with E-state index < -0.39 is 11.6 Å². The summed E-state index contributed by atoms with van der Waals surface area (Å²) in [4.78, 5) is 28.0.